The molecule has 0 amide bonds. The van der Waals surface area contributed by atoms with Gasteiger partial charge in [0.25, 0.3) is 0 Å². The summed E-state index contributed by atoms with van der Waals surface area (Å²) in [7, 11) is 0. The van der Waals surface area contributed by atoms with Crippen molar-refractivity contribution in [2.45, 2.75) is 34.6 Å². The maximum absolute atomic E-state index is 11.3. The minimum Gasteiger partial charge on any atom is -0.371 e. The summed E-state index contributed by atoms with van der Waals surface area (Å²) in [4.78, 5) is 13.7. The van der Waals surface area contributed by atoms with Crippen molar-refractivity contribution in [1.82, 2.24) is 0 Å². The van der Waals surface area contributed by atoms with E-state index in [4.69, 9.17) is 0 Å². The zero-order valence-electron chi connectivity index (χ0n) is 12.2. The van der Waals surface area contributed by atoms with Gasteiger partial charge < -0.3 is 4.90 Å². The quantitative estimate of drug-likeness (QED) is 0.708. The van der Waals surface area contributed by atoms with Crippen molar-refractivity contribution < 1.29 is 4.79 Å². The van der Waals surface area contributed by atoms with Crippen molar-refractivity contribution in [3.8, 4) is 0 Å². The normalized spacial score (nSPS) is 11.1. The molecule has 0 N–H and O–H groups in total. The Morgan fingerprint density at radius 1 is 1.00 bits per heavy atom. The minimum absolute atomic E-state index is 0.126. The lowest BCUT2D eigenvalue weighted by molar-refractivity contribution is 0.101. The first-order valence-corrected chi connectivity index (χ1v) is 6.76. The molecule has 1 aromatic carbocycles. The molecule has 0 atom stereocenters. The van der Waals surface area contributed by atoms with Gasteiger partial charge in [-0.1, -0.05) is 27.7 Å². The summed E-state index contributed by atoms with van der Waals surface area (Å²) in [6.45, 7) is 12.6. The lowest BCUT2D eigenvalue weighted by Crippen LogP contribution is -2.31. The molecule has 18 heavy (non-hydrogen) atoms. The fourth-order valence-corrected chi connectivity index (χ4v) is 2.07. The van der Waals surface area contributed by atoms with Crippen molar-refractivity contribution in [2.75, 3.05) is 18.0 Å². The summed E-state index contributed by atoms with van der Waals surface area (Å²) in [5.41, 5.74) is 2.00. The van der Waals surface area contributed by atoms with Crippen LogP contribution in [0.1, 0.15) is 45.0 Å². The molecular weight excluding hydrogens is 222 g/mol. The van der Waals surface area contributed by atoms with E-state index >= 15 is 0 Å². The van der Waals surface area contributed by atoms with Gasteiger partial charge in [0.05, 0.1) is 0 Å². The average molecular weight is 247 g/mol. The summed E-state index contributed by atoms with van der Waals surface area (Å²) in [5.74, 6) is 1.40. The second-order valence-electron chi connectivity index (χ2n) is 5.80. The first kappa shape index (κ1) is 14.7. The van der Waals surface area contributed by atoms with Crippen LogP contribution in [-0.4, -0.2) is 18.9 Å². The van der Waals surface area contributed by atoms with Gasteiger partial charge in [0.2, 0.25) is 0 Å². The number of anilines is 1. The standard InChI is InChI=1S/C16H25NO/c1-12(2)10-17(11-13(3)4)16-8-6-15(7-9-16)14(5)18/h6-9,12-13H,10-11H2,1-5H3. The summed E-state index contributed by atoms with van der Waals surface area (Å²) in [6, 6.07) is 7.96. The highest BCUT2D eigenvalue weighted by Crippen LogP contribution is 2.18. The Morgan fingerprint density at radius 3 is 1.78 bits per heavy atom. The van der Waals surface area contributed by atoms with E-state index in [1.807, 2.05) is 12.1 Å². The summed E-state index contributed by atoms with van der Waals surface area (Å²) < 4.78 is 0. The fourth-order valence-electron chi connectivity index (χ4n) is 2.07. The van der Waals surface area contributed by atoms with Crippen LogP contribution in [0.5, 0.6) is 0 Å². The van der Waals surface area contributed by atoms with Crippen LogP contribution >= 0.6 is 0 Å². The number of carbonyl (C=O) groups excluding carboxylic acids is 1. The molecule has 2 heteroatoms. The molecule has 0 saturated carbocycles. The molecule has 0 heterocycles. The molecule has 100 valence electrons. The average Bonchev–Trinajstić information content (AvgIpc) is 2.27. The Morgan fingerprint density at radius 2 is 1.44 bits per heavy atom. The van der Waals surface area contributed by atoms with E-state index in [1.54, 1.807) is 6.92 Å². The molecule has 0 unspecified atom stereocenters. The summed E-state index contributed by atoms with van der Waals surface area (Å²) >= 11 is 0. The lowest BCUT2D eigenvalue weighted by atomic mass is 10.1. The predicted molar refractivity (Wildman–Crippen MR) is 78.3 cm³/mol. The molecule has 0 spiro atoms. The number of ketones is 1. The van der Waals surface area contributed by atoms with Crippen molar-refractivity contribution in [3.05, 3.63) is 29.8 Å². The van der Waals surface area contributed by atoms with E-state index in [1.165, 1.54) is 5.69 Å². The largest absolute Gasteiger partial charge is 0.371 e. The van der Waals surface area contributed by atoms with Gasteiger partial charge in [-0.2, -0.15) is 0 Å². The molecule has 0 fully saturated rings. The smallest absolute Gasteiger partial charge is 0.159 e. The first-order chi connectivity index (χ1) is 8.40. The van der Waals surface area contributed by atoms with E-state index in [-0.39, 0.29) is 5.78 Å². The van der Waals surface area contributed by atoms with Gasteiger partial charge in [-0.15, -0.1) is 0 Å². The van der Waals surface area contributed by atoms with E-state index in [9.17, 15) is 4.79 Å². The maximum Gasteiger partial charge on any atom is 0.159 e. The third-order valence-electron chi connectivity index (χ3n) is 2.81. The summed E-state index contributed by atoms with van der Waals surface area (Å²) in [6.07, 6.45) is 0. The monoisotopic (exact) mass is 247 g/mol. The Labute approximate surface area is 111 Å². The van der Waals surface area contributed by atoms with Crippen molar-refractivity contribution in [1.29, 1.82) is 0 Å². The number of Topliss-reactive ketones (excluding diaryl/α,β-unsaturated/α-hetero) is 1. The van der Waals surface area contributed by atoms with Gasteiger partial charge in [0.15, 0.2) is 5.78 Å². The fraction of sp³-hybridized carbons (Fsp3) is 0.562. The van der Waals surface area contributed by atoms with E-state index < -0.39 is 0 Å². The van der Waals surface area contributed by atoms with Gasteiger partial charge in [-0.25, -0.2) is 0 Å². The van der Waals surface area contributed by atoms with E-state index in [0.717, 1.165) is 18.7 Å². The number of hydrogen-bond donors (Lipinski definition) is 0. The number of hydrogen-bond acceptors (Lipinski definition) is 2. The summed E-state index contributed by atoms with van der Waals surface area (Å²) in [5, 5.41) is 0. The Balaban J connectivity index is 2.87. The highest BCUT2D eigenvalue weighted by molar-refractivity contribution is 5.94. The third-order valence-corrected chi connectivity index (χ3v) is 2.81. The van der Waals surface area contributed by atoms with Crippen LogP contribution in [0.15, 0.2) is 24.3 Å². The second kappa shape index (κ2) is 6.58. The molecule has 0 saturated heterocycles. The molecule has 0 aliphatic rings. The molecule has 0 aromatic heterocycles. The van der Waals surface area contributed by atoms with Gasteiger partial charge >= 0.3 is 0 Å². The van der Waals surface area contributed by atoms with Crippen molar-refractivity contribution in [2.24, 2.45) is 11.8 Å². The topological polar surface area (TPSA) is 20.3 Å². The molecule has 0 radical (unpaired) electrons. The molecule has 0 bridgehead atoms. The van der Waals surface area contributed by atoms with Gasteiger partial charge in [-0.3, -0.25) is 4.79 Å². The number of benzene rings is 1. The SMILES string of the molecule is CC(=O)c1ccc(N(CC(C)C)CC(C)C)cc1. The second-order valence-corrected chi connectivity index (χ2v) is 5.80. The van der Waals surface area contributed by atoms with Crippen LogP contribution in [0.4, 0.5) is 5.69 Å². The zero-order chi connectivity index (χ0) is 13.7. The van der Waals surface area contributed by atoms with Crippen LogP contribution in [0, 0.1) is 11.8 Å². The maximum atomic E-state index is 11.3. The van der Waals surface area contributed by atoms with E-state index in [2.05, 4.69) is 44.7 Å². The van der Waals surface area contributed by atoms with Crippen LogP contribution in [-0.2, 0) is 0 Å². The molecule has 0 aliphatic carbocycles. The third kappa shape index (κ3) is 4.52. The highest BCUT2D eigenvalue weighted by atomic mass is 16.1. The molecule has 2 nitrogen and oxygen atoms in total. The van der Waals surface area contributed by atoms with Crippen molar-refractivity contribution >= 4 is 11.5 Å². The van der Waals surface area contributed by atoms with Crippen LogP contribution in [0.25, 0.3) is 0 Å². The molecule has 1 rings (SSSR count). The van der Waals surface area contributed by atoms with Gasteiger partial charge in [-0.05, 0) is 43.0 Å². The van der Waals surface area contributed by atoms with Gasteiger partial charge in [0, 0.05) is 24.3 Å². The molecule has 0 aliphatic heterocycles. The predicted octanol–water partition coefficient (Wildman–Crippen LogP) is 4.01. The zero-order valence-corrected chi connectivity index (χ0v) is 12.2. The van der Waals surface area contributed by atoms with Gasteiger partial charge in [0.1, 0.15) is 0 Å². The Hall–Kier alpha value is -1.31. The number of carbonyl (C=O) groups is 1. The minimum atomic E-state index is 0.126. The van der Waals surface area contributed by atoms with Crippen molar-refractivity contribution in [3.63, 3.8) is 0 Å². The van der Waals surface area contributed by atoms with Crippen LogP contribution in [0.3, 0.4) is 0 Å². The van der Waals surface area contributed by atoms with E-state index in [0.29, 0.717) is 11.8 Å². The number of nitrogens with zero attached hydrogens (tertiary/aromatic N) is 1. The lowest BCUT2D eigenvalue weighted by Gasteiger charge is -2.28. The molecule has 1 aromatic rings. The Bertz CT molecular complexity index is 369. The first-order valence-electron chi connectivity index (χ1n) is 6.76. The Kier molecular flexibility index (Phi) is 5.39. The highest BCUT2D eigenvalue weighted by Gasteiger charge is 2.10. The molecular formula is C16H25NO. The van der Waals surface area contributed by atoms with Crippen LogP contribution in [0.2, 0.25) is 0 Å². The van der Waals surface area contributed by atoms with Crippen LogP contribution < -0.4 is 4.90 Å². The number of rotatable bonds is 6.